The summed E-state index contributed by atoms with van der Waals surface area (Å²) >= 11 is 6.32. The summed E-state index contributed by atoms with van der Waals surface area (Å²) in [6.07, 6.45) is 7.29. The van der Waals surface area contributed by atoms with Crippen LogP contribution in [0.1, 0.15) is 31.7 Å². The summed E-state index contributed by atoms with van der Waals surface area (Å²) in [5.74, 6) is 0.388. The molecule has 2 aliphatic heterocycles. The third-order valence-corrected chi connectivity index (χ3v) is 7.89. The fraction of sp³-hybridized carbons (Fsp3) is 0.611. The lowest BCUT2D eigenvalue weighted by Crippen LogP contribution is -2.41. The molecule has 1 atom stereocenters. The maximum absolute atomic E-state index is 12.8. The van der Waals surface area contributed by atoms with Gasteiger partial charge in [-0.05, 0) is 31.6 Å². The van der Waals surface area contributed by atoms with Crippen molar-refractivity contribution in [1.82, 2.24) is 24.3 Å². The van der Waals surface area contributed by atoms with E-state index < -0.39 is 10.0 Å². The van der Waals surface area contributed by atoms with E-state index in [0.29, 0.717) is 50.7 Å². The van der Waals surface area contributed by atoms with Crippen LogP contribution in [0.15, 0.2) is 28.3 Å². The minimum Gasteiger partial charge on any atom is -0.382 e. The second-order valence-corrected chi connectivity index (χ2v) is 9.97. The van der Waals surface area contributed by atoms with E-state index >= 15 is 0 Å². The molecule has 2 aliphatic rings. The monoisotopic (exact) mass is 456 g/mol. The van der Waals surface area contributed by atoms with Crippen molar-refractivity contribution < 1.29 is 13.2 Å². The molecule has 0 aromatic carbocycles. The van der Waals surface area contributed by atoms with Crippen molar-refractivity contribution in [3.63, 3.8) is 0 Å². The van der Waals surface area contributed by atoms with Crippen LogP contribution >= 0.6 is 11.6 Å². The van der Waals surface area contributed by atoms with Gasteiger partial charge in [-0.2, -0.15) is 14.5 Å². The number of nitrogens with one attached hydrogen (secondary N) is 2. The molecule has 164 valence electrons. The molecule has 0 aliphatic carbocycles. The first-order chi connectivity index (χ1) is 14.5. The van der Waals surface area contributed by atoms with Crippen LogP contribution in [0.4, 0.5) is 5.69 Å². The molecule has 2 N–H and O–H groups in total. The van der Waals surface area contributed by atoms with E-state index in [2.05, 4.69) is 20.6 Å². The van der Waals surface area contributed by atoms with E-state index in [1.807, 2.05) is 0 Å². The summed E-state index contributed by atoms with van der Waals surface area (Å²) in [5, 5.41) is 13.9. The van der Waals surface area contributed by atoms with Gasteiger partial charge in [-0.25, -0.2) is 13.1 Å². The molecular formula is C18H25ClN6O4S. The van der Waals surface area contributed by atoms with E-state index in [0.717, 1.165) is 19.4 Å². The van der Waals surface area contributed by atoms with Crippen LogP contribution in [0.25, 0.3) is 0 Å². The average molecular weight is 457 g/mol. The number of hydrogen-bond donors (Lipinski definition) is 2. The Balaban J connectivity index is 1.40. The molecule has 2 aromatic rings. The molecule has 10 nitrogen and oxygen atoms in total. The van der Waals surface area contributed by atoms with Crippen molar-refractivity contribution in [2.45, 2.75) is 36.6 Å². The van der Waals surface area contributed by atoms with Crippen LogP contribution in [0.2, 0.25) is 5.02 Å². The van der Waals surface area contributed by atoms with Crippen LogP contribution in [0.5, 0.6) is 0 Å². The largest absolute Gasteiger partial charge is 0.382 e. The Labute approximate surface area is 179 Å². The van der Waals surface area contributed by atoms with E-state index in [1.165, 1.54) is 21.4 Å². The maximum Gasteiger partial charge on any atom is 0.287 e. The van der Waals surface area contributed by atoms with Crippen molar-refractivity contribution in [2.75, 3.05) is 38.2 Å². The number of halogens is 1. The molecule has 2 fully saturated rings. The van der Waals surface area contributed by atoms with Gasteiger partial charge in [0.05, 0.1) is 30.7 Å². The van der Waals surface area contributed by atoms with Crippen molar-refractivity contribution >= 4 is 27.3 Å². The molecule has 4 rings (SSSR count). The number of nitrogens with zero attached hydrogens (tertiary/aromatic N) is 4. The topological polar surface area (TPSA) is 122 Å². The fourth-order valence-corrected chi connectivity index (χ4v) is 5.49. The van der Waals surface area contributed by atoms with Gasteiger partial charge in [0.15, 0.2) is 0 Å². The molecule has 2 aromatic heterocycles. The Morgan fingerprint density at radius 3 is 2.73 bits per heavy atom. The molecule has 0 amide bonds. The highest BCUT2D eigenvalue weighted by Crippen LogP contribution is 2.26. The Hall–Kier alpha value is -1.95. The van der Waals surface area contributed by atoms with Crippen molar-refractivity contribution in [3.05, 3.63) is 34.0 Å². The second kappa shape index (κ2) is 9.04. The lowest BCUT2D eigenvalue weighted by atomic mass is 10.0. The summed E-state index contributed by atoms with van der Waals surface area (Å²) < 4.78 is 33.5. The van der Waals surface area contributed by atoms with Gasteiger partial charge in [0.25, 0.3) is 5.56 Å². The third-order valence-electron chi connectivity index (χ3n) is 5.66. The van der Waals surface area contributed by atoms with Gasteiger partial charge in [-0.1, -0.05) is 11.6 Å². The number of aromatic amines is 1. The number of aromatic nitrogens is 4. The van der Waals surface area contributed by atoms with Gasteiger partial charge in [0.2, 0.25) is 10.0 Å². The first kappa shape index (κ1) is 21.3. The number of sulfonamides is 1. The smallest absolute Gasteiger partial charge is 0.287 e. The predicted octanol–water partition coefficient (Wildman–Crippen LogP) is 1.48. The zero-order valence-electron chi connectivity index (χ0n) is 16.5. The fourth-order valence-electron chi connectivity index (χ4n) is 3.91. The lowest BCUT2D eigenvalue weighted by molar-refractivity contribution is 0.0595. The van der Waals surface area contributed by atoms with Crippen LogP contribution in [-0.4, -0.2) is 65.5 Å². The number of H-pyrrole nitrogens is 1. The summed E-state index contributed by atoms with van der Waals surface area (Å²) in [5.41, 5.74) is 0.154. The zero-order chi connectivity index (χ0) is 21.1. The summed E-state index contributed by atoms with van der Waals surface area (Å²) in [7, 11) is -3.58. The SMILES string of the molecule is O=c1c(Cl)c(NC[C@H]2CCCOC2)cnn1C1CCN(S(=O)(=O)c2cn[nH]c2)CC1. The van der Waals surface area contributed by atoms with Crippen LogP contribution in [0.3, 0.4) is 0 Å². The Bertz CT molecular complexity index is 1010. The molecule has 0 bridgehead atoms. The summed E-state index contributed by atoms with van der Waals surface area (Å²) in [4.78, 5) is 12.9. The Morgan fingerprint density at radius 1 is 1.27 bits per heavy atom. The molecule has 0 saturated carbocycles. The quantitative estimate of drug-likeness (QED) is 0.675. The number of piperidine rings is 1. The highest BCUT2D eigenvalue weighted by Gasteiger charge is 2.31. The average Bonchev–Trinajstić information content (AvgIpc) is 3.32. The van der Waals surface area contributed by atoms with E-state index in [1.54, 1.807) is 6.20 Å². The van der Waals surface area contributed by atoms with Crippen molar-refractivity contribution in [3.8, 4) is 0 Å². The normalized spacial score (nSPS) is 21.6. The van der Waals surface area contributed by atoms with Crippen molar-refractivity contribution in [1.29, 1.82) is 0 Å². The van der Waals surface area contributed by atoms with E-state index in [-0.39, 0.29) is 21.5 Å². The van der Waals surface area contributed by atoms with Crippen LogP contribution < -0.4 is 10.9 Å². The number of ether oxygens (including phenoxy) is 1. The van der Waals surface area contributed by atoms with Crippen LogP contribution in [-0.2, 0) is 14.8 Å². The third kappa shape index (κ3) is 4.39. The van der Waals surface area contributed by atoms with Gasteiger partial charge < -0.3 is 10.1 Å². The van der Waals surface area contributed by atoms with E-state index in [9.17, 15) is 13.2 Å². The highest BCUT2D eigenvalue weighted by atomic mass is 35.5. The predicted molar refractivity (Wildman–Crippen MR) is 111 cm³/mol. The van der Waals surface area contributed by atoms with Gasteiger partial charge in [-0.15, -0.1) is 0 Å². The zero-order valence-corrected chi connectivity index (χ0v) is 18.0. The first-order valence-corrected chi connectivity index (χ1v) is 11.9. The number of anilines is 1. The molecule has 30 heavy (non-hydrogen) atoms. The molecule has 4 heterocycles. The van der Waals surface area contributed by atoms with Crippen LogP contribution in [0, 0.1) is 5.92 Å². The minimum absolute atomic E-state index is 0.107. The number of hydrogen-bond acceptors (Lipinski definition) is 7. The summed E-state index contributed by atoms with van der Waals surface area (Å²) in [6.45, 7) is 2.78. The lowest BCUT2D eigenvalue weighted by Gasteiger charge is -2.31. The number of rotatable bonds is 6. The van der Waals surface area contributed by atoms with E-state index in [4.69, 9.17) is 16.3 Å². The molecular weight excluding hydrogens is 432 g/mol. The minimum atomic E-state index is -3.58. The van der Waals surface area contributed by atoms with Gasteiger partial charge in [0, 0.05) is 32.4 Å². The molecule has 0 spiro atoms. The van der Waals surface area contributed by atoms with Gasteiger partial charge in [0.1, 0.15) is 9.92 Å². The maximum atomic E-state index is 12.8. The second-order valence-electron chi connectivity index (χ2n) is 7.66. The molecule has 0 radical (unpaired) electrons. The highest BCUT2D eigenvalue weighted by molar-refractivity contribution is 7.89. The van der Waals surface area contributed by atoms with Crippen molar-refractivity contribution in [2.24, 2.45) is 5.92 Å². The molecule has 0 unspecified atom stereocenters. The Kier molecular flexibility index (Phi) is 6.42. The Morgan fingerprint density at radius 2 is 2.07 bits per heavy atom. The van der Waals surface area contributed by atoms with Gasteiger partial charge >= 0.3 is 0 Å². The summed E-state index contributed by atoms with van der Waals surface area (Å²) in [6, 6.07) is -0.202. The molecule has 12 heteroatoms. The molecule has 2 saturated heterocycles. The first-order valence-electron chi connectivity index (χ1n) is 10.0. The van der Waals surface area contributed by atoms with Gasteiger partial charge in [-0.3, -0.25) is 9.89 Å². The standard InChI is InChI=1S/C18H25ClN6O4S/c19-17-16(20-8-13-2-1-7-29-12-13)11-23-25(18(17)26)14-3-5-24(6-4-14)30(27,28)15-9-21-22-10-15/h9-11,13-14,20H,1-8,12H2,(H,21,22)/t13-/m1/s1.